The number of carbonyl (C=O) groups excluding carboxylic acids is 2. The van der Waals surface area contributed by atoms with Gasteiger partial charge in [-0.05, 0) is 68.0 Å². The van der Waals surface area contributed by atoms with Gasteiger partial charge in [0.05, 0.1) is 13.2 Å². The Balaban J connectivity index is 1.75. The molecular weight excluding hydrogens is 430 g/mol. The molecule has 1 N–H and O–H groups in total. The SMILES string of the molecule is CC[C@@H](C)OC(=O)C1C(C)=NC2=C(C(=O)C[C@H](c3ccc(OC)cc3)C2)[C@@H]1c1ccc(O)cc1. The maximum atomic E-state index is 13.6. The van der Waals surface area contributed by atoms with Crippen molar-refractivity contribution in [3.63, 3.8) is 0 Å². The Kier molecular flexibility index (Phi) is 6.87. The summed E-state index contributed by atoms with van der Waals surface area (Å²) in [6.07, 6.45) is 1.45. The van der Waals surface area contributed by atoms with Crippen LogP contribution in [0.2, 0.25) is 0 Å². The molecule has 1 unspecified atom stereocenters. The lowest BCUT2D eigenvalue weighted by atomic mass is 9.69. The number of ether oxygens (including phenoxy) is 2. The van der Waals surface area contributed by atoms with Gasteiger partial charge in [-0.1, -0.05) is 31.2 Å². The van der Waals surface area contributed by atoms with E-state index in [1.807, 2.05) is 45.0 Å². The average Bonchev–Trinajstić information content (AvgIpc) is 2.83. The van der Waals surface area contributed by atoms with Crippen LogP contribution in [0, 0.1) is 5.92 Å². The van der Waals surface area contributed by atoms with Crippen LogP contribution in [0.15, 0.2) is 64.8 Å². The number of methoxy groups -OCH3 is 1. The van der Waals surface area contributed by atoms with Crippen LogP contribution in [0.25, 0.3) is 0 Å². The predicted molar refractivity (Wildman–Crippen MR) is 130 cm³/mol. The predicted octanol–water partition coefficient (Wildman–Crippen LogP) is 5.32. The van der Waals surface area contributed by atoms with Crippen molar-refractivity contribution in [3.05, 3.63) is 70.9 Å². The number of benzene rings is 2. The molecule has 0 radical (unpaired) electrons. The highest BCUT2D eigenvalue weighted by Gasteiger charge is 2.45. The zero-order chi connectivity index (χ0) is 24.4. The van der Waals surface area contributed by atoms with Crippen molar-refractivity contribution in [2.75, 3.05) is 7.11 Å². The van der Waals surface area contributed by atoms with Crippen LogP contribution in [-0.2, 0) is 14.3 Å². The number of allylic oxidation sites excluding steroid dienone is 2. The van der Waals surface area contributed by atoms with Crippen molar-refractivity contribution < 1.29 is 24.2 Å². The zero-order valence-corrected chi connectivity index (χ0v) is 20.1. The molecule has 0 fully saturated rings. The number of aliphatic imine (C=N–C) groups is 1. The van der Waals surface area contributed by atoms with Crippen molar-refractivity contribution in [3.8, 4) is 11.5 Å². The second kappa shape index (κ2) is 9.84. The van der Waals surface area contributed by atoms with Crippen molar-refractivity contribution in [2.24, 2.45) is 10.9 Å². The first-order valence-electron chi connectivity index (χ1n) is 11.8. The fraction of sp³-hybridized carbons (Fsp3) is 0.393. The number of nitrogens with zero attached hydrogens (tertiary/aromatic N) is 1. The molecule has 2 aliphatic rings. The van der Waals surface area contributed by atoms with E-state index in [0.717, 1.165) is 22.6 Å². The van der Waals surface area contributed by atoms with E-state index in [4.69, 9.17) is 14.5 Å². The van der Waals surface area contributed by atoms with E-state index in [2.05, 4.69) is 0 Å². The van der Waals surface area contributed by atoms with Gasteiger partial charge in [-0.3, -0.25) is 14.6 Å². The summed E-state index contributed by atoms with van der Waals surface area (Å²) < 4.78 is 11.0. The van der Waals surface area contributed by atoms with Gasteiger partial charge in [0.25, 0.3) is 0 Å². The van der Waals surface area contributed by atoms with E-state index in [-0.39, 0.29) is 29.5 Å². The number of aromatic hydroxyl groups is 1. The molecule has 6 heteroatoms. The molecule has 2 aromatic carbocycles. The van der Waals surface area contributed by atoms with Gasteiger partial charge in [-0.15, -0.1) is 0 Å². The van der Waals surface area contributed by atoms with E-state index in [0.29, 0.717) is 30.5 Å². The quantitative estimate of drug-likeness (QED) is 0.589. The topological polar surface area (TPSA) is 85.2 Å². The van der Waals surface area contributed by atoms with Crippen molar-refractivity contribution in [1.82, 2.24) is 0 Å². The van der Waals surface area contributed by atoms with E-state index in [9.17, 15) is 14.7 Å². The van der Waals surface area contributed by atoms with Crippen LogP contribution in [0.1, 0.15) is 63.0 Å². The van der Waals surface area contributed by atoms with Crippen LogP contribution >= 0.6 is 0 Å². The summed E-state index contributed by atoms with van der Waals surface area (Å²) in [4.78, 5) is 31.6. The fourth-order valence-corrected chi connectivity index (χ4v) is 4.87. The third-order valence-corrected chi connectivity index (χ3v) is 6.87. The molecule has 1 heterocycles. The van der Waals surface area contributed by atoms with Crippen molar-refractivity contribution in [2.45, 2.75) is 58.0 Å². The number of phenolic OH excluding ortho intramolecular Hbond substituents is 1. The summed E-state index contributed by atoms with van der Waals surface area (Å²) >= 11 is 0. The highest BCUT2D eigenvalue weighted by Crippen LogP contribution is 2.47. The van der Waals surface area contributed by atoms with Gasteiger partial charge in [-0.25, -0.2) is 0 Å². The number of esters is 1. The van der Waals surface area contributed by atoms with E-state index >= 15 is 0 Å². The zero-order valence-electron chi connectivity index (χ0n) is 20.1. The van der Waals surface area contributed by atoms with Crippen LogP contribution in [-0.4, -0.2) is 35.8 Å². The second-order valence-electron chi connectivity index (χ2n) is 9.12. The number of rotatable bonds is 6. The second-order valence-corrected chi connectivity index (χ2v) is 9.12. The molecule has 0 saturated heterocycles. The first-order chi connectivity index (χ1) is 16.3. The maximum Gasteiger partial charge on any atom is 0.315 e. The molecule has 34 heavy (non-hydrogen) atoms. The number of hydrogen-bond acceptors (Lipinski definition) is 6. The molecule has 178 valence electrons. The highest BCUT2D eigenvalue weighted by molar-refractivity contribution is 6.09. The summed E-state index contributed by atoms with van der Waals surface area (Å²) in [6, 6.07) is 14.5. The summed E-state index contributed by atoms with van der Waals surface area (Å²) in [5.74, 6) is -0.631. The monoisotopic (exact) mass is 461 g/mol. The van der Waals surface area contributed by atoms with Gasteiger partial charge in [0, 0.05) is 29.3 Å². The van der Waals surface area contributed by atoms with Crippen molar-refractivity contribution >= 4 is 17.5 Å². The van der Waals surface area contributed by atoms with Gasteiger partial charge < -0.3 is 14.6 Å². The molecule has 0 bridgehead atoms. The minimum Gasteiger partial charge on any atom is -0.508 e. The Labute approximate surface area is 200 Å². The van der Waals surface area contributed by atoms with Crippen LogP contribution in [0.3, 0.4) is 0 Å². The van der Waals surface area contributed by atoms with E-state index < -0.39 is 11.8 Å². The Hall–Kier alpha value is -3.41. The minimum absolute atomic E-state index is 0.00210. The Morgan fingerprint density at radius 1 is 1.09 bits per heavy atom. The van der Waals surface area contributed by atoms with Crippen LogP contribution in [0.4, 0.5) is 0 Å². The molecular formula is C28H31NO5. The number of hydrogen-bond donors (Lipinski definition) is 1. The number of Topliss-reactive ketones (excluding diaryl/α,β-unsaturated/α-hetero) is 1. The summed E-state index contributed by atoms with van der Waals surface area (Å²) in [7, 11) is 1.63. The van der Waals surface area contributed by atoms with Crippen LogP contribution in [0.5, 0.6) is 11.5 Å². The maximum absolute atomic E-state index is 13.6. The lowest BCUT2D eigenvalue weighted by Crippen LogP contribution is -2.39. The van der Waals surface area contributed by atoms with Gasteiger partial charge >= 0.3 is 5.97 Å². The third-order valence-electron chi connectivity index (χ3n) is 6.87. The number of phenols is 1. The van der Waals surface area contributed by atoms with Gasteiger partial charge in [0.15, 0.2) is 5.78 Å². The smallest absolute Gasteiger partial charge is 0.315 e. The highest BCUT2D eigenvalue weighted by atomic mass is 16.5. The van der Waals surface area contributed by atoms with E-state index in [1.165, 1.54) is 0 Å². The molecule has 2 aromatic rings. The van der Waals surface area contributed by atoms with Gasteiger partial charge in [-0.2, -0.15) is 0 Å². The van der Waals surface area contributed by atoms with Gasteiger partial charge in [0.1, 0.15) is 17.4 Å². The first-order valence-corrected chi connectivity index (χ1v) is 11.8. The number of carbonyl (C=O) groups is 2. The Morgan fingerprint density at radius 2 is 1.74 bits per heavy atom. The molecule has 0 aromatic heterocycles. The summed E-state index contributed by atoms with van der Waals surface area (Å²) in [6.45, 7) is 5.65. The molecule has 0 amide bonds. The largest absolute Gasteiger partial charge is 0.508 e. The Bertz CT molecular complexity index is 1130. The average molecular weight is 462 g/mol. The van der Waals surface area contributed by atoms with Crippen molar-refractivity contribution in [1.29, 1.82) is 0 Å². The molecule has 1 aliphatic carbocycles. The first kappa shape index (κ1) is 23.7. The van der Waals surface area contributed by atoms with Crippen LogP contribution < -0.4 is 4.74 Å². The molecule has 4 rings (SSSR count). The lowest BCUT2D eigenvalue weighted by molar-refractivity contribution is -0.151. The standard InChI is InChI=1S/C28H31NO5/c1-5-16(2)34-28(32)25-17(3)29-23-14-20(18-8-12-22(33-4)13-9-18)15-24(31)27(23)26(25)19-6-10-21(30)11-7-19/h6-13,16,20,25-26,30H,5,14-15H2,1-4H3/t16-,20-,25?,26-/m1/s1. The summed E-state index contributed by atoms with van der Waals surface area (Å²) in [5.41, 5.74) is 3.83. The fourth-order valence-electron chi connectivity index (χ4n) is 4.87. The lowest BCUT2D eigenvalue weighted by Gasteiger charge is -2.37. The molecule has 1 aliphatic heterocycles. The Morgan fingerprint density at radius 3 is 2.35 bits per heavy atom. The third kappa shape index (κ3) is 4.63. The minimum atomic E-state index is -0.682. The molecule has 0 spiro atoms. The molecule has 0 saturated carbocycles. The summed E-state index contributed by atoms with van der Waals surface area (Å²) in [5, 5.41) is 9.81. The normalized spacial score (nSPS) is 23.1. The van der Waals surface area contributed by atoms with E-state index in [1.54, 1.807) is 31.4 Å². The molecule has 4 atom stereocenters. The molecule has 6 nitrogen and oxygen atoms in total. The number of ketones is 1. The van der Waals surface area contributed by atoms with Gasteiger partial charge in [0.2, 0.25) is 0 Å².